The van der Waals surface area contributed by atoms with Crippen molar-refractivity contribution in [2.45, 2.75) is 6.29 Å². The third-order valence-electron chi connectivity index (χ3n) is 3.31. The van der Waals surface area contributed by atoms with E-state index in [-0.39, 0.29) is 11.5 Å². The smallest absolute Gasteiger partial charge is 0.395 e. The van der Waals surface area contributed by atoms with Crippen LogP contribution in [0, 0.1) is 0 Å². The molecule has 0 atom stereocenters. The van der Waals surface area contributed by atoms with Crippen LogP contribution in [0.1, 0.15) is 0 Å². The Morgan fingerprint density at radius 1 is 0.900 bits per heavy atom. The molecule has 0 fully saturated rings. The van der Waals surface area contributed by atoms with E-state index in [1.54, 1.807) is 18.3 Å². The van der Waals surface area contributed by atoms with Crippen LogP contribution in [0.3, 0.4) is 0 Å². The van der Waals surface area contributed by atoms with Crippen molar-refractivity contribution < 1.29 is 18.3 Å². The first-order valence-electron chi connectivity index (χ1n) is 6.09. The van der Waals surface area contributed by atoms with E-state index in [0.29, 0.717) is 5.56 Å². The van der Waals surface area contributed by atoms with Gasteiger partial charge in [0.1, 0.15) is 0 Å². The van der Waals surface area contributed by atoms with Gasteiger partial charge in [0.2, 0.25) is 0 Å². The predicted molar refractivity (Wildman–Crippen MR) is 69.9 cm³/mol. The van der Waals surface area contributed by atoms with Gasteiger partial charge in [-0.1, -0.05) is 30.3 Å². The molecule has 0 amide bonds. The minimum atomic E-state index is -3.61. The van der Waals surface area contributed by atoms with Crippen LogP contribution in [0.4, 0.5) is 8.78 Å². The van der Waals surface area contributed by atoms with Crippen LogP contribution >= 0.6 is 0 Å². The number of rotatable bonds is 1. The number of hydrogen-bond acceptors (Lipinski definition) is 2. The lowest BCUT2D eigenvalue weighted by atomic mass is 10.0. The van der Waals surface area contributed by atoms with Gasteiger partial charge in [-0.3, -0.25) is 0 Å². The Hall–Kier alpha value is -2.56. The molecule has 1 aliphatic rings. The summed E-state index contributed by atoms with van der Waals surface area (Å²) in [5.41, 5.74) is 2.32. The molecule has 5 heteroatoms. The average Bonchev–Trinajstić information content (AvgIpc) is 2.97. The standard InChI is InChI=1S/C15H9F2NO2/c16-15(17)19-13-7-3-5-10(14(13)20-15)11-8-18-12-6-2-1-4-9(11)12/h1-8,18H. The van der Waals surface area contributed by atoms with Crippen molar-refractivity contribution in [3.05, 3.63) is 48.7 Å². The normalized spacial score (nSPS) is 15.7. The highest BCUT2D eigenvalue weighted by atomic mass is 19.3. The summed E-state index contributed by atoms with van der Waals surface area (Å²) >= 11 is 0. The quantitative estimate of drug-likeness (QED) is 0.722. The second-order valence-electron chi connectivity index (χ2n) is 4.55. The van der Waals surface area contributed by atoms with E-state index in [1.165, 1.54) is 6.07 Å². The SMILES string of the molecule is FC1(F)Oc2cccc(-c3c[nH]c4ccccc34)c2O1. The summed E-state index contributed by atoms with van der Waals surface area (Å²) in [5, 5.41) is 0.944. The predicted octanol–water partition coefficient (Wildman–Crippen LogP) is 4.16. The Morgan fingerprint density at radius 2 is 1.75 bits per heavy atom. The number of ether oxygens (including phenoxy) is 2. The van der Waals surface area contributed by atoms with Gasteiger partial charge in [-0.25, -0.2) is 0 Å². The molecule has 0 unspecified atom stereocenters. The fourth-order valence-corrected chi connectivity index (χ4v) is 2.48. The Kier molecular flexibility index (Phi) is 2.10. The van der Waals surface area contributed by atoms with Gasteiger partial charge in [0.15, 0.2) is 11.5 Å². The molecule has 0 spiro atoms. The number of nitrogens with one attached hydrogen (secondary N) is 1. The second-order valence-corrected chi connectivity index (χ2v) is 4.55. The monoisotopic (exact) mass is 273 g/mol. The number of benzene rings is 2. The molecule has 0 radical (unpaired) electrons. The van der Waals surface area contributed by atoms with Crippen LogP contribution in [-0.4, -0.2) is 11.3 Å². The first kappa shape index (κ1) is 11.3. The van der Waals surface area contributed by atoms with Gasteiger partial charge in [0, 0.05) is 28.2 Å². The fourth-order valence-electron chi connectivity index (χ4n) is 2.48. The highest BCUT2D eigenvalue weighted by Gasteiger charge is 2.44. The Morgan fingerprint density at radius 3 is 2.65 bits per heavy atom. The summed E-state index contributed by atoms with van der Waals surface area (Å²) in [6.07, 6.45) is -1.83. The van der Waals surface area contributed by atoms with Crippen LogP contribution in [0.15, 0.2) is 48.7 Å². The summed E-state index contributed by atoms with van der Waals surface area (Å²) in [4.78, 5) is 3.11. The number of para-hydroxylation sites is 2. The zero-order valence-corrected chi connectivity index (χ0v) is 10.2. The van der Waals surface area contributed by atoms with E-state index in [4.69, 9.17) is 0 Å². The van der Waals surface area contributed by atoms with Crippen molar-refractivity contribution in [1.29, 1.82) is 0 Å². The molecule has 0 bridgehead atoms. The van der Waals surface area contributed by atoms with Crippen LogP contribution in [0.2, 0.25) is 0 Å². The molecule has 2 heterocycles. The number of fused-ring (bicyclic) bond motifs is 2. The summed E-state index contributed by atoms with van der Waals surface area (Å²) in [6, 6.07) is 12.5. The Bertz CT molecular complexity index is 810. The van der Waals surface area contributed by atoms with E-state index < -0.39 is 6.29 Å². The zero-order valence-electron chi connectivity index (χ0n) is 10.2. The lowest BCUT2D eigenvalue weighted by Crippen LogP contribution is -2.26. The maximum Gasteiger partial charge on any atom is 0.586 e. The van der Waals surface area contributed by atoms with Gasteiger partial charge in [-0.2, -0.15) is 0 Å². The van der Waals surface area contributed by atoms with E-state index in [9.17, 15) is 8.78 Å². The van der Waals surface area contributed by atoms with Crippen molar-refractivity contribution in [2.75, 3.05) is 0 Å². The van der Waals surface area contributed by atoms with Crippen LogP contribution in [-0.2, 0) is 0 Å². The number of H-pyrrole nitrogens is 1. The second kappa shape index (κ2) is 3.72. The maximum absolute atomic E-state index is 13.2. The zero-order chi connectivity index (χ0) is 13.7. The minimum absolute atomic E-state index is 0.0535. The molecule has 0 aliphatic carbocycles. The minimum Gasteiger partial charge on any atom is -0.395 e. The fraction of sp³-hybridized carbons (Fsp3) is 0.0667. The van der Waals surface area contributed by atoms with Crippen LogP contribution < -0.4 is 9.47 Å². The molecule has 100 valence electrons. The molecule has 1 aliphatic heterocycles. The number of aromatic nitrogens is 1. The third kappa shape index (κ3) is 1.56. The van der Waals surface area contributed by atoms with E-state index in [0.717, 1.165) is 16.5 Å². The number of halogens is 2. The maximum atomic E-state index is 13.2. The molecule has 1 aromatic heterocycles. The molecule has 3 aromatic rings. The van der Waals surface area contributed by atoms with Crippen LogP contribution in [0.5, 0.6) is 11.5 Å². The summed E-state index contributed by atoms with van der Waals surface area (Å²) < 4.78 is 35.5. The van der Waals surface area contributed by atoms with Crippen molar-refractivity contribution >= 4 is 10.9 Å². The molecule has 4 rings (SSSR count). The molecule has 0 saturated carbocycles. The molecule has 20 heavy (non-hydrogen) atoms. The van der Waals surface area contributed by atoms with Crippen LogP contribution in [0.25, 0.3) is 22.0 Å². The topological polar surface area (TPSA) is 34.2 Å². The van der Waals surface area contributed by atoms with Gasteiger partial charge in [0.05, 0.1) is 0 Å². The summed E-state index contributed by atoms with van der Waals surface area (Å²) in [7, 11) is 0. The number of aromatic amines is 1. The Balaban J connectivity index is 1.95. The molecule has 0 saturated heterocycles. The lowest BCUT2D eigenvalue weighted by molar-refractivity contribution is -0.286. The Labute approximate surface area is 112 Å². The summed E-state index contributed by atoms with van der Waals surface area (Å²) in [5.74, 6) is 0.125. The first-order chi connectivity index (χ1) is 9.64. The van der Waals surface area contributed by atoms with E-state index in [2.05, 4.69) is 14.5 Å². The molecular weight excluding hydrogens is 264 g/mol. The van der Waals surface area contributed by atoms with E-state index >= 15 is 0 Å². The molecule has 3 nitrogen and oxygen atoms in total. The first-order valence-corrected chi connectivity index (χ1v) is 6.09. The molecule has 1 N–H and O–H groups in total. The lowest BCUT2D eigenvalue weighted by Gasteiger charge is -2.06. The number of alkyl halides is 2. The highest BCUT2D eigenvalue weighted by molar-refractivity contribution is 5.97. The van der Waals surface area contributed by atoms with Gasteiger partial charge in [-0.15, -0.1) is 8.78 Å². The van der Waals surface area contributed by atoms with Crippen molar-refractivity contribution in [3.8, 4) is 22.6 Å². The van der Waals surface area contributed by atoms with Crippen molar-refractivity contribution in [2.24, 2.45) is 0 Å². The van der Waals surface area contributed by atoms with Crippen molar-refractivity contribution in [3.63, 3.8) is 0 Å². The average molecular weight is 273 g/mol. The largest absolute Gasteiger partial charge is 0.586 e. The van der Waals surface area contributed by atoms with Gasteiger partial charge in [0.25, 0.3) is 0 Å². The van der Waals surface area contributed by atoms with Gasteiger partial charge >= 0.3 is 6.29 Å². The molecule has 2 aromatic carbocycles. The molecular formula is C15H9F2NO2. The highest BCUT2D eigenvalue weighted by Crippen LogP contribution is 2.48. The van der Waals surface area contributed by atoms with E-state index in [1.807, 2.05) is 24.3 Å². The third-order valence-corrected chi connectivity index (χ3v) is 3.31. The summed E-state index contributed by atoms with van der Waals surface area (Å²) in [6.45, 7) is 0. The number of hydrogen-bond donors (Lipinski definition) is 1. The van der Waals surface area contributed by atoms with Gasteiger partial charge in [-0.05, 0) is 12.1 Å². The van der Waals surface area contributed by atoms with Gasteiger partial charge < -0.3 is 14.5 Å². The van der Waals surface area contributed by atoms with Crippen molar-refractivity contribution in [1.82, 2.24) is 4.98 Å².